The van der Waals surface area contributed by atoms with Gasteiger partial charge in [-0.3, -0.25) is 9.40 Å². The highest BCUT2D eigenvalue weighted by molar-refractivity contribution is 7.92. The van der Waals surface area contributed by atoms with Crippen molar-refractivity contribution in [1.82, 2.24) is 9.78 Å². The molecule has 0 spiro atoms. The molecule has 0 saturated heterocycles. The summed E-state index contributed by atoms with van der Waals surface area (Å²) in [5.41, 5.74) is 6.95. The van der Waals surface area contributed by atoms with Crippen LogP contribution in [0.4, 0.5) is 11.5 Å². The summed E-state index contributed by atoms with van der Waals surface area (Å²) < 4.78 is 34.0. The van der Waals surface area contributed by atoms with Crippen LogP contribution in [0.25, 0.3) is 0 Å². The maximum atomic E-state index is 12.4. The average molecular weight is 310 g/mol. The predicted octanol–water partition coefficient (Wildman–Crippen LogP) is 1.60. The topological polar surface area (TPSA) is 99.2 Å². The molecule has 1 heterocycles. The molecule has 0 unspecified atom stereocenters. The highest BCUT2D eigenvalue weighted by atomic mass is 32.2. The Morgan fingerprint density at radius 1 is 1.43 bits per heavy atom. The quantitative estimate of drug-likeness (QED) is 0.874. The standard InChI is InChI=1S/C13H18N4O3S/c1-4-17-8-12(13(14)15-17)21(18,19)16-10-7-9(2)5-6-11(10)20-3/h5-8,16H,4H2,1-3H3,(H2,14,15). The van der Waals surface area contributed by atoms with Crippen LogP contribution in [-0.4, -0.2) is 25.3 Å². The van der Waals surface area contributed by atoms with Gasteiger partial charge in [-0.05, 0) is 31.5 Å². The average Bonchev–Trinajstić information content (AvgIpc) is 2.81. The number of hydrogen-bond acceptors (Lipinski definition) is 5. The second-order valence-corrected chi connectivity index (χ2v) is 6.19. The third-order valence-corrected chi connectivity index (χ3v) is 4.35. The third-order valence-electron chi connectivity index (χ3n) is 2.97. The first-order valence-corrected chi connectivity index (χ1v) is 7.86. The van der Waals surface area contributed by atoms with E-state index in [0.717, 1.165) is 5.56 Å². The van der Waals surface area contributed by atoms with Gasteiger partial charge < -0.3 is 10.5 Å². The SMILES string of the molecule is CCn1cc(S(=O)(=O)Nc2cc(C)ccc2OC)c(N)n1. The summed E-state index contributed by atoms with van der Waals surface area (Å²) in [7, 11) is -2.34. The molecule has 21 heavy (non-hydrogen) atoms. The molecule has 1 aromatic heterocycles. The third kappa shape index (κ3) is 3.10. The Morgan fingerprint density at radius 3 is 2.71 bits per heavy atom. The molecule has 0 radical (unpaired) electrons. The summed E-state index contributed by atoms with van der Waals surface area (Å²) in [4.78, 5) is -0.0482. The fourth-order valence-electron chi connectivity index (χ4n) is 1.89. The van der Waals surface area contributed by atoms with Crippen LogP contribution in [-0.2, 0) is 16.6 Å². The van der Waals surface area contributed by atoms with Gasteiger partial charge in [-0.1, -0.05) is 6.07 Å². The van der Waals surface area contributed by atoms with Gasteiger partial charge >= 0.3 is 0 Å². The van der Waals surface area contributed by atoms with Crippen LogP contribution in [0.15, 0.2) is 29.3 Å². The van der Waals surface area contributed by atoms with Gasteiger partial charge in [0.2, 0.25) is 0 Å². The van der Waals surface area contributed by atoms with E-state index in [0.29, 0.717) is 18.0 Å². The van der Waals surface area contributed by atoms with Crippen LogP contribution in [0.5, 0.6) is 5.75 Å². The predicted molar refractivity (Wildman–Crippen MR) is 80.9 cm³/mol. The van der Waals surface area contributed by atoms with Crippen molar-refractivity contribution < 1.29 is 13.2 Å². The van der Waals surface area contributed by atoms with Crippen molar-refractivity contribution >= 4 is 21.5 Å². The zero-order chi connectivity index (χ0) is 15.6. The van der Waals surface area contributed by atoms with E-state index in [2.05, 4.69) is 9.82 Å². The summed E-state index contributed by atoms with van der Waals surface area (Å²) in [6, 6.07) is 5.23. The van der Waals surface area contributed by atoms with Crippen molar-refractivity contribution in [1.29, 1.82) is 0 Å². The largest absolute Gasteiger partial charge is 0.495 e. The van der Waals surface area contributed by atoms with E-state index in [9.17, 15) is 8.42 Å². The highest BCUT2D eigenvalue weighted by Crippen LogP contribution is 2.28. The van der Waals surface area contributed by atoms with Gasteiger partial charge in [0.25, 0.3) is 10.0 Å². The summed E-state index contributed by atoms with van der Waals surface area (Å²) >= 11 is 0. The highest BCUT2D eigenvalue weighted by Gasteiger charge is 2.22. The summed E-state index contributed by atoms with van der Waals surface area (Å²) in [6.45, 7) is 4.24. The minimum absolute atomic E-state index is 0.0315. The van der Waals surface area contributed by atoms with E-state index >= 15 is 0 Å². The molecule has 2 rings (SSSR count). The van der Waals surface area contributed by atoms with Gasteiger partial charge in [-0.25, -0.2) is 8.42 Å². The van der Waals surface area contributed by atoms with E-state index in [1.165, 1.54) is 18.0 Å². The lowest BCUT2D eigenvalue weighted by Crippen LogP contribution is -2.14. The number of benzene rings is 1. The number of rotatable bonds is 5. The van der Waals surface area contributed by atoms with Crippen LogP contribution in [0.1, 0.15) is 12.5 Å². The molecule has 8 heteroatoms. The van der Waals surface area contributed by atoms with Crippen LogP contribution in [0.2, 0.25) is 0 Å². The lowest BCUT2D eigenvalue weighted by Gasteiger charge is -2.11. The molecule has 0 amide bonds. The number of nitrogens with zero attached hydrogens (tertiary/aromatic N) is 2. The van der Waals surface area contributed by atoms with Gasteiger partial charge in [-0.2, -0.15) is 5.10 Å². The van der Waals surface area contributed by atoms with Crippen LogP contribution < -0.4 is 15.2 Å². The van der Waals surface area contributed by atoms with Crippen molar-refractivity contribution in [2.75, 3.05) is 17.6 Å². The lowest BCUT2D eigenvalue weighted by molar-refractivity contribution is 0.417. The van der Waals surface area contributed by atoms with Crippen LogP contribution >= 0.6 is 0 Å². The van der Waals surface area contributed by atoms with Gasteiger partial charge in [0, 0.05) is 12.7 Å². The molecule has 0 aliphatic rings. The molecular formula is C13H18N4O3S. The number of ether oxygens (including phenoxy) is 1. The Morgan fingerprint density at radius 2 is 2.14 bits per heavy atom. The number of nitrogen functional groups attached to an aromatic ring is 1. The Labute approximate surface area is 123 Å². The fraction of sp³-hybridized carbons (Fsp3) is 0.308. The number of sulfonamides is 1. The van der Waals surface area contributed by atoms with E-state index in [4.69, 9.17) is 10.5 Å². The molecule has 1 aromatic carbocycles. The minimum Gasteiger partial charge on any atom is -0.495 e. The normalized spacial score (nSPS) is 11.4. The van der Waals surface area contributed by atoms with E-state index in [-0.39, 0.29) is 10.7 Å². The first-order valence-electron chi connectivity index (χ1n) is 6.37. The molecule has 0 aliphatic heterocycles. The Hall–Kier alpha value is -2.22. The summed E-state index contributed by atoms with van der Waals surface area (Å²) in [5.74, 6) is 0.404. The molecule has 0 atom stereocenters. The van der Waals surface area contributed by atoms with E-state index in [1.54, 1.807) is 12.1 Å². The number of aryl methyl sites for hydroxylation is 2. The van der Waals surface area contributed by atoms with Gasteiger partial charge in [0.15, 0.2) is 5.82 Å². The van der Waals surface area contributed by atoms with Crippen molar-refractivity contribution in [2.45, 2.75) is 25.3 Å². The molecule has 0 bridgehead atoms. The molecule has 114 valence electrons. The Kier molecular flexibility index (Phi) is 4.08. The number of hydrogen-bond donors (Lipinski definition) is 2. The first kappa shape index (κ1) is 15.2. The molecule has 0 saturated carbocycles. The monoisotopic (exact) mass is 310 g/mol. The number of nitrogens with two attached hydrogens (primary N) is 1. The fourth-order valence-corrected chi connectivity index (χ4v) is 3.02. The Balaban J connectivity index is 2.41. The smallest absolute Gasteiger partial charge is 0.267 e. The van der Waals surface area contributed by atoms with Crippen molar-refractivity contribution in [3.8, 4) is 5.75 Å². The van der Waals surface area contributed by atoms with Crippen molar-refractivity contribution in [3.63, 3.8) is 0 Å². The lowest BCUT2D eigenvalue weighted by atomic mass is 10.2. The Bertz CT molecular complexity index is 753. The maximum Gasteiger partial charge on any atom is 0.267 e. The van der Waals surface area contributed by atoms with Crippen LogP contribution in [0, 0.1) is 6.92 Å². The maximum absolute atomic E-state index is 12.4. The minimum atomic E-state index is -3.82. The van der Waals surface area contributed by atoms with E-state index in [1.807, 2.05) is 19.9 Å². The number of methoxy groups -OCH3 is 1. The molecule has 0 fully saturated rings. The molecular weight excluding hydrogens is 292 g/mol. The molecule has 3 N–H and O–H groups in total. The van der Waals surface area contributed by atoms with Crippen molar-refractivity contribution in [3.05, 3.63) is 30.0 Å². The summed E-state index contributed by atoms with van der Waals surface area (Å²) in [6.07, 6.45) is 1.40. The van der Waals surface area contributed by atoms with Gasteiger partial charge in [-0.15, -0.1) is 0 Å². The number of aromatic nitrogens is 2. The van der Waals surface area contributed by atoms with E-state index < -0.39 is 10.0 Å². The van der Waals surface area contributed by atoms with Crippen LogP contribution in [0.3, 0.4) is 0 Å². The van der Waals surface area contributed by atoms with Gasteiger partial charge in [0.1, 0.15) is 10.6 Å². The van der Waals surface area contributed by atoms with Crippen molar-refractivity contribution in [2.24, 2.45) is 0 Å². The summed E-state index contributed by atoms with van der Waals surface area (Å²) in [5, 5.41) is 3.94. The zero-order valence-corrected chi connectivity index (χ0v) is 12.9. The zero-order valence-electron chi connectivity index (χ0n) is 12.1. The molecule has 0 aliphatic carbocycles. The number of nitrogens with one attached hydrogen (secondary N) is 1. The first-order chi connectivity index (χ1) is 9.87. The second kappa shape index (κ2) is 5.65. The number of anilines is 2. The second-order valence-electron chi connectivity index (χ2n) is 4.54. The molecule has 2 aromatic rings. The van der Waals surface area contributed by atoms with Gasteiger partial charge in [0.05, 0.1) is 12.8 Å². The molecule has 7 nitrogen and oxygen atoms in total.